The quantitative estimate of drug-likeness (QED) is 0.851. The Kier molecular flexibility index (Phi) is 2.64. The second-order valence-electron chi connectivity index (χ2n) is 4.85. The van der Waals surface area contributed by atoms with Crippen molar-refractivity contribution in [3.63, 3.8) is 0 Å². The van der Waals surface area contributed by atoms with Crippen molar-refractivity contribution >= 4 is 21.7 Å². The molecule has 1 N–H and O–H groups in total. The zero-order chi connectivity index (χ0) is 11.1. The first-order valence-electron chi connectivity index (χ1n) is 5.82. The number of anilines is 1. The Balaban J connectivity index is 1.86. The van der Waals surface area contributed by atoms with Crippen molar-refractivity contribution in [2.24, 2.45) is 11.8 Å². The molecule has 0 aliphatic carbocycles. The number of nitrogens with one attached hydrogen (secondary N) is 1. The van der Waals surface area contributed by atoms with Gasteiger partial charge in [0.15, 0.2) is 0 Å². The van der Waals surface area contributed by atoms with Crippen LogP contribution in [0.3, 0.4) is 0 Å². The molecule has 2 saturated heterocycles. The molecule has 3 heterocycles. The van der Waals surface area contributed by atoms with Gasteiger partial charge in [-0.1, -0.05) is 0 Å². The van der Waals surface area contributed by atoms with E-state index in [1.54, 1.807) is 0 Å². The molecule has 2 unspecified atom stereocenters. The van der Waals surface area contributed by atoms with Crippen LogP contribution in [0.5, 0.6) is 0 Å². The molecule has 2 aliphatic heterocycles. The Morgan fingerprint density at radius 1 is 1.38 bits per heavy atom. The predicted octanol–water partition coefficient (Wildman–Crippen LogP) is 1.81. The highest BCUT2D eigenvalue weighted by Gasteiger charge is 2.37. The Labute approximate surface area is 104 Å². The van der Waals surface area contributed by atoms with E-state index in [9.17, 15) is 0 Å². The number of hydrogen-bond donors (Lipinski definition) is 1. The number of aromatic nitrogens is 1. The number of aryl methyl sites for hydroxylation is 1. The van der Waals surface area contributed by atoms with Crippen molar-refractivity contribution in [1.82, 2.24) is 10.3 Å². The van der Waals surface area contributed by atoms with Crippen molar-refractivity contribution in [1.29, 1.82) is 0 Å². The van der Waals surface area contributed by atoms with E-state index in [4.69, 9.17) is 0 Å². The summed E-state index contributed by atoms with van der Waals surface area (Å²) in [7, 11) is 0. The summed E-state index contributed by atoms with van der Waals surface area (Å²) in [6.45, 7) is 6.75. The van der Waals surface area contributed by atoms with E-state index in [0.717, 1.165) is 35.2 Å². The second kappa shape index (κ2) is 4.00. The first kappa shape index (κ1) is 10.5. The van der Waals surface area contributed by atoms with Gasteiger partial charge in [0.1, 0.15) is 5.82 Å². The molecule has 4 heteroatoms. The zero-order valence-corrected chi connectivity index (χ0v) is 11.0. The minimum Gasteiger partial charge on any atom is -0.355 e. The van der Waals surface area contributed by atoms with E-state index in [-0.39, 0.29) is 0 Å². The third-order valence-corrected chi connectivity index (χ3v) is 4.73. The molecule has 3 rings (SSSR count). The van der Waals surface area contributed by atoms with Crippen molar-refractivity contribution in [3.05, 3.63) is 22.3 Å². The molecular weight excluding hydrogens is 266 g/mol. The molecule has 2 fully saturated rings. The molecule has 3 nitrogen and oxygen atoms in total. The average molecular weight is 282 g/mol. The summed E-state index contributed by atoms with van der Waals surface area (Å²) in [6, 6.07) is 2.05. The monoisotopic (exact) mass is 281 g/mol. The first-order chi connectivity index (χ1) is 7.75. The summed E-state index contributed by atoms with van der Waals surface area (Å²) >= 11 is 3.65. The maximum atomic E-state index is 4.51. The highest BCUT2D eigenvalue weighted by Crippen LogP contribution is 2.34. The molecule has 0 amide bonds. The highest BCUT2D eigenvalue weighted by molar-refractivity contribution is 9.10. The first-order valence-corrected chi connectivity index (χ1v) is 6.62. The molecule has 0 aromatic carbocycles. The molecule has 2 aliphatic rings. The van der Waals surface area contributed by atoms with Gasteiger partial charge in [-0.25, -0.2) is 4.98 Å². The fourth-order valence-corrected chi connectivity index (χ4v) is 3.26. The van der Waals surface area contributed by atoms with Crippen LogP contribution in [-0.2, 0) is 0 Å². The van der Waals surface area contributed by atoms with Crippen LogP contribution in [0.2, 0.25) is 0 Å². The van der Waals surface area contributed by atoms with Gasteiger partial charge >= 0.3 is 0 Å². The number of nitrogens with zero attached hydrogens (tertiary/aromatic N) is 2. The predicted molar refractivity (Wildman–Crippen MR) is 68.7 cm³/mol. The van der Waals surface area contributed by atoms with E-state index in [2.05, 4.69) is 38.1 Å². The maximum Gasteiger partial charge on any atom is 0.143 e. The summed E-state index contributed by atoms with van der Waals surface area (Å²) in [6.07, 6.45) is 1.90. The van der Waals surface area contributed by atoms with Crippen LogP contribution in [0.4, 0.5) is 5.82 Å². The summed E-state index contributed by atoms with van der Waals surface area (Å²) in [5.41, 5.74) is 1.26. The Bertz CT molecular complexity index is 395. The Hall–Kier alpha value is -0.610. The van der Waals surface area contributed by atoms with Gasteiger partial charge in [0.25, 0.3) is 0 Å². The van der Waals surface area contributed by atoms with Crippen LogP contribution >= 0.6 is 15.9 Å². The maximum absolute atomic E-state index is 4.51. The van der Waals surface area contributed by atoms with E-state index >= 15 is 0 Å². The molecule has 16 heavy (non-hydrogen) atoms. The molecule has 1 aromatic heterocycles. The van der Waals surface area contributed by atoms with Gasteiger partial charge < -0.3 is 10.2 Å². The van der Waals surface area contributed by atoms with Crippen LogP contribution in [0.15, 0.2) is 16.7 Å². The lowest BCUT2D eigenvalue weighted by atomic mass is 10.0. The fourth-order valence-electron chi connectivity index (χ4n) is 2.77. The molecule has 0 radical (unpaired) electrons. The molecule has 0 saturated carbocycles. The number of halogens is 1. The average Bonchev–Trinajstić information content (AvgIpc) is 2.81. The number of hydrogen-bond acceptors (Lipinski definition) is 3. The van der Waals surface area contributed by atoms with Gasteiger partial charge in [0, 0.05) is 32.4 Å². The lowest BCUT2D eigenvalue weighted by molar-refractivity contribution is 0.533. The summed E-state index contributed by atoms with van der Waals surface area (Å²) in [4.78, 5) is 6.93. The lowest BCUT2D eigenvalue weighted by Gasteiger charge is -2.20. The number of rotatable bonds is 1. The third kappa shape index (κ3) is 1.64. The third-order valence-electron chi connectivity index (χ3n) is 3.75. The van der Waals surface area contributed by atoms with Gasteiger partial charge in [-0.3, -0.25) is 0 Å². The molecule has 1 aromatic rings. The molecule has 0 spiro atoms. The van der Waals surface area contributed by atoms with Crippen LogP contribution < -0.4 is 10.2 Å². The summed E-state index contributed by atoms with van der Waals surface area (Å²) in [5, 5.41) is 3.46. The largest absolute Gasteiger partial charge is 0.355 e. The summed E-state index contributed by atoms with van der Waals surface area (Å²) < 4.78 is 1.16. The number of fused-ring (bicyclic) bond motifs is 1. The van der Waals surface area contributed by atoms with E-state index < -0.39 is 0 Å². The molecular formula is C12H16BrN3. The highest BCUT2D eigenvalue weighted by atomic mass is 79.9. The van der Waals surface area contributed by atoms with Crippen molar-refractivity contribution in [2.45, 2.75) is 6.92 Å². The van der Waals surface area contributed by atoms with Crippen molar-refractivity contribution in [2.75, 3.05) is 31.1 Å². The van der Waals surface area contributed by atoms with Gasteiger partial charge in [0.05, 0.1) is 4.47 Å². The van der Waals surface area contributed by atoms with Gasteiger partial charge in [-0.15, -0.1) is 0 Å². The standard InChI is InChI=1S/C12H16BrN3/c1-8-2-3-15-12(11(8)13)16-6-9-4-14-5-10(9)7-16/h2-3,9-10,14H,4-7H2,1H3. The van der Waals surface area contributed by atoms with Crippen molar-refractivity contribution < 1.29 is 0 Å². The normalized spacial score (nSPS) is 28.5. The Morgan fingerprint density at radius 2 is 2.06 bits per heavy atom. The Morgan fingerprint density at radius 3 is 2.75 bits per heavy atom. The second-order valence-corrected chi connectivity index (χ2v) is 5.64. The molecule has 0 bridgehead atoms. The van der Waals surface area contributed by atoms with E-state index in [1.165, 1.54) is 18.7 Å². The number of pyridine rings is 1. The van der Waals surface area contributed by atoms with Crippen LogP contribution in [0.25, 0.3) is 0 Å². The zero-order valence-electron chi connectivity index (χ0n) is 9.41. The SMILES string of the molecule is Cc1ccnc(N2CC3CNCC3C2)c1Br. The summed E-state index contributed by atoms with van der Waals surface area (Å²) in [5.74, 6) is 2.75. The molecule has 2 atom stereocenters. The fraction of sp³-hybridized carbons (Fsp3) is 0.583. The van der Waals surface area contributed by atoms with Gasteiger partial charge in [0.2, 0.25) is 0 Å². The smallest absolute Gasteiger partial charge is 0.143 e. The van der Waals surface area contributed by atoms with Crippen LogP contribution in [0.1, 0.15) is 5.56 Å². The van der Waals surface area contributed by atoms with E-state index in [0.29, 0.717) is 0 Å². The lowest BCUT2D eigenvalue weighted by Crippen LogP contribution is -2.26. The van der Waals surface area contributed by atoms with Gasteiger partial charge in [-0.2, -0.15) is 0 Å². The van der Waals surface area contributed by atoms with Crippen LogP contribution in [0, 0.1) is 18.8 Å². The van der Waals surface area contributed by atoms with Crippen LogP contribution in [-0.4, -0.2) is 31.2 Å². The van der Waals surface area contributed by atoms with Crippen molar-refractivity contribution in [3.8, 4) is 0 Å². The minimum absolute atomic E-state index is 0.814. The van der Waals surface area contributed by atoms with E-state index in [1.807, 2.05) is 12.3 Å². The molecule has 86 valence electrons. The van der Waals surface area contributed by atoms with Gasteiger partial charge in [-0.05, 0) is 46.3 Å². The topological polar surface area (TPSA) is 28.2 Å². The minimum atomic E-state index is 0.814.